The molecule has 2 rings (SSSR count). The summed E-state index contributed by atoms with van der Waals surface area (Å²) in [6.07, 6.45) is 4.34. The van der Waals surface area contributed by atoms with Crippen LogP contribution in [0.3, 0.4) is 0 Å². The number of nitrogens with zero attached hydrogens (tertiary/aromatic N) is 2. The average molecular weight is 311 g/mol. The Morgan fingerprint density at radius 2 is 2.43 bits per heavy atom. The van der Waals surface area contributed by atoms with Crippen LogP contribution in [0.4, 0.5) is 0 Å². The van der Waals surface area contributed by atoms with Gasteiger partial charge in [-0.1, -0.05) is 6.92 Å². The smallest absolute Gasteiger partial charge is 0.264 e. The molecular formula is C14H21N3O3S. The molecule has 2 N–H and O–H groups in total. The van der Waals surface area contributed by atoms with E-state index in [1.807, 2.05) is 13.8 Å². The predicted molar refractivity (Wildman–Crippen MR) is 84.0 cm³/mol. The molecule has 1 aromatic heterocycles. The lowest BCUT2D eigenvalue weighted by molar-refractivity contribution is 0.118. The minimum Gasteiger partial charge on any atom is -0.494 e. The molecular weight excluding hydrogens is 290 g/mol. The molecule has 0 radical (unpaired) electrons. The first-order valence-corrected chi connectivity index (χ1v) is 7.64. The van der Waals surface area contributed by atoms with Crippen molar-refractivity contribution >= 4 is 18.4 Å². The highest BCUT2D eigenvalue weighted by Crippen LogP contribution is 2.20. The van der Waals surface area contributed by atoms with E-state index in [-0.39, 0.29) is 28.4 Å². The van der Waals surface area contributed by atoms with Crippen LogP contribution in [-0.4, -0.2) is 40.1 Å². The fourth-order valence-corrected chi connectivity index (χ4v) is 2.67. The lowest BCUT2D eigenvalue weighted by atomic mass is 10.2. The lowest BCUT2D eigenvalue weighted by Crippen LogP contribution is -2.20. The first-order valence-electron chi connectivity index (χ1n) is 7.23. The van der Waals surface area contributed by atoms with Crippen LogP contribution in [0.5, 0.6) is 5.88 Å². The number of nitrogens with one attached hydrogen (secondary N) is 1. The topological polar surface area (TPSA) is 79.6 Å². The second-order valence-electron chi connectivity index (χ2n) is 5.25. The van der Waals surface area contributed by atoms with Gasteiger partial charge in [-0.3, -0.25) is 19.3 Å². The lowest BCUT2D eigenvalue weighted by Gasteiger charge is -2.16. The van der Waals surface area contributed by atoms with Crippen molar-refractivity contribution < 1.29 is 9.84 Å². The van der Waals surface area contributed by atoms with Gasteiger partial charge in [0.1, 0.15) is 5.56 Å². The van der Waals surface area contributed by atoms with Crippen molar-refractivity contribution in [3.8, 4) is 5.88 Å². The summed E-state index contributed by atoms with van der Waals surface area (Å²) in [7, 11) is 0. The van der Waals surface area contributed by atoms with Crippen LogP contribution < -0.4 is 5.56 Å². The molecule has 2 atom stereocenters. The molecule has 1 aliphatic rings. The van der Waals surface area contributed by atoms with Crippen LogP contribution in [0, 0.1) is 4.77 Å². The summed E-state index contributed by atoms with van der Waals surface area (Å²) in [5.41, 5.74) is -0.282. The standard InChI is InChI=1S/C14H21N3O3S/c1-3-9(2)17-13(19)11(12(18)16-14(17)21)8-15-7-10-5-4-6-20-10/h8-10,19H,3-7H2,1-2H3,(H,16,18,21)/t9-,10-/m1/s1. The maximum atomic E-state index is 11.9. The summed E-state index contributed by atoms with van der Waals surface area (Å²) < 4.78 is 7.24. The number of aromatic nitrogens is 2. The van der Waals surface area contributed by atoms with Crippen LogP contribution in [0.25, 0.3) is 0 Å². The van der Waals surface area contributed by atoms with Crippen molar-refractivity contribution in [3.05, 3.63) is 20.7 Å². The van der Waals surface area contributed by atoms with Crippen LogP contribution in [0.15, 0.2) is 9.79 Å². The van der Waals surface area contributed by atoms with Gasteiger partial charge in [0.05, 0.1) is 12.6 Å². The zero-order valence-corrected chi connectivity index (χ0v) is 13.2. The van der Waals surface area contributed by atoms with Gasteiger partial charge in [-0.2, -0.15) is 0 Å². The third kappa shape index (κ3) is 3.59. The monoisotopic (exact) mass is 311 g/mol. The molecule has 1 fully saturated rings. The van der Waals surface area contributed by atoms with E-state index in [0.717, 1.165) is 25.9 Å². The van der Waals surface area contributed by atoms with E-state index >= 15 is 0 Å². The van der Waals surface area contributed by atoms with Crippen LogP contribution in [0.2, 0.25) is 0 Å². The van der Waals surface area contributed by atoms with E-state index < -0.39 is 5.56 Å². The van der Waals surface area contributed by atoms with E-state index in [1.165, 1.54) is 6.21 Å². The molecule has 0 aliphatic carbocycles. The molecule has 7 heteroatoms. The van der Waals surface area contributed by atoms with Crippen molar-refractivity contribution in [2.75, 3.05) is 13.2 Å². The summed E-state index contributed by atoms with van der Waals surface area (Å²) >= 11 is 5.11. The third-order valence-corrected chi connectivity index (χ3v) is 4.04. The Hall–Kier alpha value is -1.47. The summed E-state index contributed by atoms with van der Waals surface area (Å²) in [5.74, 6) is -0.130. The molecule has 1 aliphatic heterocycles. The summed E-state index contributed by atoms with van der Waals surface area (Å²) in [6, 6.07) is -0.000310. The van der Waals surface area contributed by atoms with Gasteiger partial charge < -0.3 is 9.84 Å². The molecule has 1 saturated heterocycles. The quantitative estimate of drug-likeness (QED) is 0.645. The maximum absolute atomic E-state index is 11.9. The number of hydrogen-bond acceptors (Lipinski definition) is 5. The van der Waals surface area contributed by atoms with E-state index in [2.05, 4.69) is 9.98 Å². The van der Waals surface area contributed by atoms with Gasteiger partial charge in [0.25, 0.3) is 5.56 Å². The van der Waals surface area contributed by atoms with Gasteiger partial charge in [-0.05, 0) is 38.4 Å². The molecule has 1 aromatic rings. The van der Waals surface area contributed by atoms with Gasteiger partial charge >= 0.3 is 0 Å². The van der Waals surface area contributed by atoms with Crippen molar-refractivity contribution in [2.24, 2.45) is 4.99 Å². The van der Waals surface area contributed by atoms with Gasteiger partial charge in [0.2, 0.25) is 5.88 Å². The van der Waals surface area contributed by atoms with Gasteiger partial charge in [-0.25, -0.2) is 0 Å². The fourth-order valence-electron chi connectivity index (χ4n) is 2.31. The fraction of sp³-hybridized carbons (Fsp3) is 0.643. The number of H-pyrrole nitrogens is 1. The van der Waals surface area contributed by atoms with Crippen molar-refractivity contribution in [2.45, 2.75) is 45.3 Å². The Kier molecular flexibility index (Phi) is 5.30. The Morgan fingerprint density at radius 3 is 3.05 bits per heavy atom. The summed E-state index contributed by atoms with van der Waals surface area (Å²) in [6.45, 7) is 5.19. The highest BCUT2D eigenvalue weighted by atomic mass is 32.1. The Labute approximate surface area is 128 Å². The van der Waals surface area contributed by atoms with Crippen LogP contribution in [0.1, 0.15) is 44.7 Å². The van der Waals surface area contributed by atoms with Crippen LogP contribution >= 0.6 is 12.2 Å². The first kappa shape index (κ1) is 15.9. The normalized spacial score (nSPS) is 20.2. The SMILES string of the molecule is CC[C@@H](C)n1c(O)c(C=NC[C@H]2CCCO2)c(=O)[nH]c1=S. The summed E-state index contributed by atoms with van der Waals surface area (Å²) in [4.78, 5) is 18.7. The number of ether oxygens (including phenoxy) is 1. The zero-order chi connectivity index (χ0) is 15.4. The molecule has 0 aromatic carbocycles. The second kappa shape index (κ2) is 7.00. The molecule has 0 amide bonds. The minimum atomic E-state index is -0.423. The molecule has 0 spiro atoms. The van der Waals surface area contributed by atoms with E-state index in [9.17, 15) is 9.90 Å². The van der Waals surface area contributed by atoms with Gasteiger partial charge in [0.15, 0.2) is 4.77 Å². The zero-order valence-electron chi connectivity index (χ0n) is 12.3. The molecule has 0 unspecified atom stereocenters. The number of aromatic hydroxyl groups is 1. The van der Waals surface area contributed by atoms with Crippen LogP contribution in [-0.2, 0) is 4.74 Å². The molecule has 116 valence electrons. The average Bonchev–Trinajstić information content (AvgIpc) is 2.95. The Morgan fingerprint density at radius 1 is 1.67 bits per heavy atom. The van der Waals surface area contributed by atoms with E-state index in [0.29, 0.717) is 6.54 Å². The molecule has 2 heterocycles. The second-order valence-corrected chi connectivity index (χ2v) is 5.64. The first-order chi connectivity index (χ1) is 10.0. The molecule has 0 bridgehead atoms. The number of hydrogen-bond donors (Lipinski definition) is 2. The predicted octanol–water partition coefficient (Wildman–Crippen LogP) is 2.18. The highest BCUT2D eigenvalue weighted by molar-refractivity contribution is 7.71. The molecule has 0 saturated carbocycles. The minimum absolute atomic E-state index is 0.000310. The van der Waals surface area contributed by atoms with Gasteiger partial charge in [0, 0.05) is 18.9 Å². The number of aliphatic imine (C=N–C) groups is 1. The number of rotatable bonds is 5. The van der Waals surface area contributed by atoms with Gasteiger partial charge in [-0.15, -0.1) is 0 Å². The van der Waals surface area contributed by atoms with E-state index in [1.54, 1.807) is 4.57 Å². The Balaban J connectivity index is 2.28. The summed E-state index contributed by atoms with van der Waals surface area (Å²) in [5, 5.41) is 10.3. The maximum Gasteiger partial charge on any atom is 0.264 e. The molecule has 6 nitrogen and oxygen atoms in total. The number of aromatic amines is 1. The van der Waals surface area contributed by atoms with Crippen molar-refractivity contribution in [1.29, 1.82) is 0 Å². The largest absolute Gasteiger partial charge is 0.494 e. The highest BCUT2D eigenvalue weighted by Gasteiger charge is 2.16. The van der Waals surface area contributed by atoms with Crippen molar-refractivity contribution in [1.82, 2.24) is 9.55 Å². The Bertz CT molecular complexity index is 629. The molecule has 21 heavy (non-hydrogen) atoms. The van der Waals surface area contributed by atoms with E-state index in [4.69, 9.17) is 17.0 Å². The van der Waals surface area contributed by atoms with Crippen molar-refractivity contribution in [3.63, 3.8) is 0 Å². The third-order valence-electron chi connectivity index (χ3n) is 3.74.